The van der Waals surface area contributed by atoms with E-state index in [4.69, 9.17) is 9.15 Å². The maximum Gasteiger partial charge on any atom is 0.248 e. The van der Waals surface area contributed by atoms with Crippen LogP contribution in [0.1, 0.15) is 18.6 Å². The summed E-state index contributed by atoms with van der Waals surface area (Å²) in [6, 6.07) is 3.87. The van der Waals surface area contributed by atoms with E-state index in [1.807, 2.05) is 17.0 Å². The van der Waals surface area contributed by atoms with Crippen molar-refractivity contribution < 1.29 is 18.7 Å². The monoisotopic (exact) mass is 349 g/mol. The molecule has 3 heterocycles. The Kier molecular flexibility index (Phi) is 6.09. The van der Waals surface area contributed by atoms with Crippen molar-refractivity contribution in [2.24, 2.45) is 5.92 Å². The average molecular weight is 349 g/mol. The molecule has 25 heavy (non-hydrogen) atoms. The van der Waals surface area contributed by atoms with Gasteiger partial charge in [-0.15, -0.1) is 0 Å². The van der Waals surface area contributed by atoms with Gasteiger partial charge in [0.25, 0.3) is 0 Å². The third-order valence-electron chi connectivity index (χ3n) is 5.03. The van der Waals surface area contributed by atoms with E-state index >= 15 is 0 Å². The summed E-state index contributed by atoms with van der Waals surface area (Å²) in [4.78, 5) is 30.8. The van der Waals surface area contributed by atoms with E-state index in [1.54, 1.807) is 11.2 Å². The van der Waals surface area contributed by atoms with Crippen molar-refractivity contribution in [3.05, 3.63) is 24.2 Å². The lowest BCUT2D eigenvalue weighted by Crippen LogP contribution is -2.53. The normalized spacial score (nSPS) is 22.2. The van der Waals surface area contributed by atoms with Crippen molar-refractivity contribution in [2.75, 3.05) is 53.0 Å². The lowest BCUT2D eigenvalue weighted by atomic mass is 9.96. The quantitative estimate of drug-likeness (QED) is 0.787. The molecule has 0 bridgehead atoms. The van der Waals surface area contributed by atoms with Gasteiger partial charge in [0.2, 0.25) is 11.8 Å². The van der Waals surface area contributed by atoms with Crippen LogP contribution >= 0.6 is 0 Å². The maximum absolute atomic E-state index is 12.8. The number of piperidine rings is 1. The number of ether oxygens (including phenoxy) is 1. The van der Waals surface area contributed by atoms with Crippen molar-refractivity contribution in [3.63, 3.8) is 0 Å². The molecule has 7 nitrogen and oxygen atoms in total. The molecule has 3 rings (SSSR count). The molecule has 2 fully saturated rings. The fraction of sp³-hybridized carbons (Fsp3) is 0.667. The van der Waals surface area contributed by atoms with Gasteiger partial charge in [0.15, 0.2) is 0 Å². The third-order valence-corrected chi connectivity index (χ3v) is 5.03. The van der Waals surface area contributed by atoms with Crippen molar-refractivity contribution in [3.8, 4) is 0 Å². The van der Waals surface area contributed by atoms with E-state index in [9.17, 15) is 9.59 Å². The lowest BCUT2D eigenvalue weighted by molar-refractivity contribution is -0.143. The molecule has 138 valence electrons. The van der Waals surface area contributed by atoms with Gasteiger partial charge in [-0.25, -0.2) is 0 Å². The number of rotatable bonds is 5. The first-order valence-corrected chi connectivity index (χ1v) is 8.97. The standard InChI is InChI=1S/C18H27N3O4/c1-24-14-17(22)21-6-2-4-15(12-21)18(23)20-9-7-19(8-10-20)13-16-5-3-11-25-16/h3,5,11,15H,2,4,6-10,12-14H2,1H3. The van der Waals surface area contributed by atoms with Gasteiger partial charge in [0.1, 0.15) is 12.4 Å². The van der Waals surface area contributed by atoms with Gasteiger partial charge in [-0.05, 0) is 25.0 Å². The molecule has 2 aliphatic heterocycles. The predicted molar refractivity (Wildman–Crippen MR) is 91.7 cm³/mol. The molecule has 0 spiro atoms. The Balaban J connectivity index is 1.47. The molecule has 1 aromatic rings. The van der Waals surface area contributed by atoms with E-state index in [2.05, 4.69) is 4.90 Å². The molecule has 2 aliphatic rings. The first-order valence-electron chi connectivity index (χ1n) is 8.97. The summed E-state index contributed by atoms with van der Waals surface area (Å²) in [6.07, 6.45) is 3.43. The second-order valence-electron chi connectivity index (χ2n) is 6.79. The Bertz CT molecular complexity index is 567. The minimum atomic E-state index is -0.0776. The summed E-state index contributed by atoms with van der Waals surface area (Å²) in [6.45, 7) is 5.31. The Hall–Kier alpha value is -1.86. The molecule has 0 radical (unpaired) electrons. The second kappa shape index (κ2) is 8.49. The average Bonchev–Trinajstić information content (AvgIpc) is 3.15. The van der Waals surface area contributed by atoms with Crippen LogP contribution in [0.5, 0.6) is 0 Å². The number of carbonyl (C=O) groups excluding carboxylic acids is 2. The summed E-state index contributed by atoms with van der Waals surface area (Å²) in [5, 5.41) is 0. The lowest BCUT2D eigenvalue weighted by Gasteiger charge is -2.38. The number of hydrogen-bond donors (Lipinski definition) is 0. The third kappa shape index (κ3) is 4.61. The Morgan fingerprint density at radius 2 is 2.00 bits per heavy atom. The number of nitrogens with zero attached hydrogens (tertiary/aromatic N) is 3. The fourth-order valence-electron chi connectivity index (χ4n) is 3.63. The van der Waals surface area contributed by atoms with Crippen LogP contribution in [0.2, 0.25) is 0 Å². The van der Waals surface area contributed by atoms with Gasteiger partial charge < -0.3 is 19.0 Å². The van der Waals surface area contributed by atoms with Crippen LogP contribution in [-0.4, -0.2) is 79.5 Å². The molecule has 0 saturated carbocycles. The van der Waals surface area contributed by atoms with Gasteiger partial charge in [-0.2, -0.15) is 0 Å². The molecular formula is C18H27N3O4. The number of carbonyl (C=O) groups is 2. The van der Waals surface area contributed by atoms with Crippen LogP contribution < -0.4 is 0 Å². The molecule has 0 aromatic carbocycles. The largest absolute Gasteiger partial charge is 0.468 e. The molecule has 7 heteroatoms. The highest BCUT2D eigenvalue weighted by Gasteiger charge is 2.32. The zero-order chi connectivity index (χ0) is 17.6. The SMILES string of the molecule is COCC(=O)N1CCCC(C(=O)N2CCN(Cc3ccco3)CC2)C1. The minimum Gasteiger partial charge on any atom is -0.468 e. The molecule has 2 amide bonds. The number of furan rings is 1. The zero-order valence-electron chi connectivity index (χ0n) is 14.9. The van der Waals surface area contributed by atoms with Crippen LogP contribution in [0.3, 0.4) is 0 Å². The smallest absolute Gasteiger partial charge is 0.248 e. The second-order valence-corrected chi connectivity index (χ2v) is 6.79. The Morgan fingerprint density at radius 1 is 1.20 bits per heavy atom. The van der Waals surface area contributed by atoms with Crippen LogP contribution in [0.25, 0.3) is 0 Å². The topological polar surface area (TPSA) is 66.2 Å². The van der Waals surface area contributed by atoms with Gasteiger partial charge in [-0.1, -0.05) is 0 Å². The molecule has 2 saturated heterocycles. The fourth-order valence-corrected chi connectivity index (χ4v) is 3.63. The van der Waals surface area contributed by atoms with Gasteiger partial charge >= 0.3 is 0 Å². The minimum absolute atomic E-state index is 0.0248. The number of piperazine rings is 1. The van der Waals surface area contributed by atoms with Crippen molar-refractivity contribution in [2.45, 2.75) is 19.4 Å². The van der Waals surface area contributed by atoms with E-state index < -0.39 is 0 Å². The molecular weight excluding hydrogens is 322 g/mol. The van der Waals surface area contributed by atoms with Gasteiger partial charge in [0, 0.05) is 46.4 Å². The molecule has 0 aliphatic carbocycles. The molecule has 1 atom stereocenters. The summed E-state index contributed by atoms with van der Waals surface area (Å²) in [7, 11) is 1.52. The summed E-state index contributed by atoms with van der Waals surface area (Å²) in [5.74, 6) is 1.04. The highest BCUT2D eigenvalue weighted by Crippen LogP contribution is 2.20. The number of likely N-dealkylation sites (tertiary alicyclic amines) is 1. The van der Waals surface area contributed by atoms with E-state index in [0.717, 1.165) is 57.9 Å². The van der Waals surface area contributed by atoms with Crippen LogP contribution in [0, 0.1) is 5.92 Å². The van der Waals surface area contributed by atoms with Crippen molar-refractivity contribution in [1.29, 1.82) is 0 Å². The Morgan fingerprint density at radius 3 is 2.68 bits per heavy atom. The highest BCUT2D eigenvalue weighted by molar-refractivity contribution is 5.82. The van der Waals surface area contributed by atoms with Crippen LogP contribution in [0.4, 0.5) is 0 Å². The number of methoxy groups -OCH3 is 1. The van der Waals surface area contributed by atoms with Crippen molar-refractivity contribution in [1.82, 2.24) is 14.7 Å². The Labute approximate surface area is 148 Å². The maximum atomic E-state index is 12.8. The van der Waals surface area contributed by atoms with Gasteiger partial charge in [0.05, 0.1) is 18.7 Å². The van der Waals surface area contributed by atoms with E-state index in [-0.39, 0.29) is 24.3 Å². The van der Waals surface area contributed by atoms with Crippen LogP contribution in [0.15, 0.2) is 22.8 Å². The van der Waals surface area contributed by atoms with Crippen LogP contribution in [-0.2, 0) is 20.9 Å². The summed E-state index contributed by atoms with van der Waals surface area (Å²) in [5.41, 5.74) is 0. The summed E-state index contributed by atoms with van der Waals surface area (Å²) >= 11 is 0. The van der Waals surface area contributed by atoms with E-state index in [1.165, 1.54) is 7.11 Å². The summed E-state index contributed by atoms with van der Waals surface area (Å²) < 4.78 is 10.3. The first kappa shape index (κ1) is 17.9. The van der Waals surface area contributed by atoms with E-state index in [0.29, 0.717) is 6.54 Å². The van der Waals surface area contributed by atoms with Crippen molar-refractivity contribution >= 4 is 11.8 Å². The first-order chi connectivity index (χ1) is 12.2. The molecule has 1 unspecified atom stereocenters. The molecule has 0 N–H and O–H groups in total. The zero-order valence-corrected chi connectivity index (χ0v) is 14.9. The highest BCUT2D eigenvalue weighted by atomic mass is 16.5. The predicted octanol–water partition coefficient (Wildman–Crippen LogP) is 0.809. The van der Waals surface area contributed by atoms with Gasteiger partial charge in [-0.3, -0.25) is 14.5 Å². The number of hydrogen-bond acceptors (Lipinski definition) is 5. The molecule has 1 aromatic heterocycles. The number of amides is 2.